The largest absolute Gasteiger partial charge is 0.493 e. The van der Waals surface area contributed by atoms with E-state index in [0.29, 0.717) is 45.8 Å². The SMILES string of the molecule is COc1cc(Nc2nccc(-c3cccnc3-c3ccc(F)c(C)c3)n2)cc(OC)c1OC. The molecule has 0 bridgehead atoms. The van der Waals surface area contributed by atoms with Crippen LogP contribution in [0, 0.1) is 12.7 Å². The molecule has 0 atom stereocenters. The molecule has 2 aromatic heterocycles. The molecule has 0 saturated heterocycles. The molecule has 7 nitrogen and oxygen atoms in total. The number of anilines is 2. The van der Waals surface area contributed by atoms with Gasteiger partial charge in [0, 0.05) is 41.3 Å². The first kappa shape index (κ1) is 22.0. The van der Waals surface area contributed by atoms with Crippen molar-refractivity contribution in [1.29, 1.82) is 0 Å². The van der Waals surface area contributed by atoms with Crippen LogP contribution in [-0.2, 0) is 0 Å². The molecule has 2 heterocycles. The van der Waals surface area contributed by atoms with Crippen molar-refractivity contribution in [1.82, 2.24) is 15.0 Å². The van der Waals surface area contributed by atoms with Crippen LogP contribution in [-0.4, -0.2) is 36.3 Å². The normalized spacial score (nSPS) is 10.6. The fourth-order valence-corrected chi connectivity index (χ4v) is 3.49. The summed E-state index contributed by atoms with van der Waals surface area (Å²) in [5.41, 5.74) is 4.21. The molecule has 0 aliphatic rings. The molecule has 33 heavy (non-hydrogen) atoms. The molecule has 0 aliphatic heterocycles. The lowest BCUT2D eigenvalue weighted by Gasteiger charge is -2.15. The average molecular weight is 446 g/mol. The minimum Gasteiger partial charge on any atom is -0.493 e. The Morgan fingerprint density at radius 1 is 0.848 bits per heavy atom. The Kier molecular flexibility index (Phi) is 6.35. The zero-order chi connectivity index (χ0) is 23.4. The number of ether oxygens (including phenoxy) is 3. The number of aromatic nitrogens is 3. The molecule has 4 rings (SSSR count). The second-order valence-electron chi connectivity index (χ2n) is 7.17. The molecule has 0 radical (unpaired) electrons. The molecule has 0 aliphatic carbocycles. The smallest absolute Gasteiger partial charge is 0.227 e. The van der Waals surface area contributed by atoms with Gasteiger partial charge in [0.1, 0.15) is 5.82 Å². The molecule has 4 aromatic rings. The van der Waals surface area contributed by atoms with Gasteiger partial charge in [-0.3, -0.25) is 4.98 Å². The number of nitrogens with zero attached hydrogens (tertiary/aromatic N) is 3. The van der Waals surface area contributed by atoms with Gasteiger partial charge in [-0.25, -0.2) is 14.4 Å². The maximum absolute atomic E-state index is 13.8. The lowest BCUT2D eigenvalue weighted by Crippen LogP contribution is -2.01. The average Bonchev–Trinajstić information content (AvgIpc) is 2.85. The molecule has 168 valence electrons. The Morgan fingerprint density at radius 3 is 2.27 bits per heavy atom. The minimum atomic E-state index is -0.255. The number of methoxy groups -OCH3 is 3. The number of nitrogens with one attached hydrogen (secondary N) is 1. The van der Waals surface area contributed by atoms with Crippen LogP contribution in [0.25, 0.3) is 22.5 Å². The Hall–Kier alpha value is -4.20. The summed E-state index contributed by atoms with van der Waals surface area (Å²) in [6.45, 7) is 1.73. The van der Waals surface area contributed by atoms with E-state index in [2.05, 4.69) is 20.3 Å². The summed E-state index contributed by atoms with van der Waals surface area (Å²) in [6.07, 6.45) is 3.36. The third-order valence-corrected chi connectivity index (χ3v) is 5.09. The molecule has 8 heteroatoms. The van der Waals surface area contributed by atoms with E-state index < -0.39 is 0 Å². The number of benzene rings is 2. The van der Waals surface area contributed by atoms with Crippen LogP contribution in [0.15, 0.2) is 60.9 Å². The highest BCUT2D eigenvalue weighted by atomic mass is 19.1. The van der Waals surface area contributed by atoms with Crippen LogP contribution in [0.3, 0.4) is 0 Å². The van der Waals surface area contributed by atoms with Crippen molar-refractivity contribution in [2.45, 2.75) is 6.92 Å². The van der Waals surface area contributed by atoms with Crippen LogP contribution in [0.4, 0.5) is 16.0 Å². The van der Waals surface area contributed by atoms with Gasteiger partial charge in [0.05, 0.1) is 32.7 Å². The molecular formula is C25H23FN4O3. The first-order chi connectivity index (χ1) is 16.0. The monoisotopic (exact) mass is 446 g/mol. The standard InChI is InChI=1S/C25H23FN4O3/c1-15-12-16(7-8-19(15)26)23-18(6-5-10-27-23)20-9-11-28-25(30-20)29-17-13-21(31-2)24(33-4)22(14-17)32-3/h5-14H,1-4H3,(H,28,29,30). The van der Waals surface area contributed by atoms with Crippen LogP contribution in [0.2, 0.25) is 0 Å². The molecule has 1 N–H and O–H groups in total. The topological polar surface area (TPSA) is 78.4 Å². The number of rotatable bonds is 7. The highest BCUT2D eigenvalue weighted by Gasteiger charge is 2.15. The van der Waals surface area contributed by atoms with Crippen molar-refractivity contribution in [3.05, 3.63) is 72.3 Å². The fraction of sp³-hybridized carbons (Fsp3) is 0.160. The number of hydrogen-bond donors (Lipinski definition) is 1. The second-order valence-corrected chi connectivity index (χ2v) is 7.17. The Morgan fingerprint density at radius 2 is 1.61 bits per heavy atom. The lowest BCUT2D eigenvalue weighted by atomic mass is 10.0. The quantitative estimate of drug-likeness (QED) is 0.406. The molecule has 0 spiro atoms. The molecule has 0 unspecified atom stereocenters. The molecule has 0 amide bonds. The van der Waals surface area contributed by atoms with E-state index in [-0.39, 0.29) is 5.82 Å². The van der Waals surface area contributed by atoms with Crippen LogP contribution < -0.4 is 19.5 Å². The van der Waals surface area contributed by atoms with Crippen molar-refractivity contribution in [3.63, 3.8) is 0 Å². The van der Waals surface area contributed by atoms with Gasteiger partial charge in [-0.1, -0.05) is 0 Å². The van der Waals surface area contributed by atoms with Crippen molar-refractivity contribution in [3.8, 4) is 39.8 Å². The predicted molar refractivity (Wildman–Crippen MR) is 125 cm³/mol. The fourth-order valence-electron chi connectivity index (χ4n) is 3.49. The van der Waals surface area contributed by atoms with Crippen LogP contribution in [0.1, 0.15) is 5.56 Å². The summed E-state index contributed by atoms with van der Waals surface area (Å²) in [4.78, 5) is 13.5. The van der Waals surface area contributed by atoms with Gasteiger partial charge >= 0.3 is 0 Å². The Balaban J connectivity index is 1.71. The van der Waals surface area contributed by atoms with Gasteiger partial charge in [-0.2, -0.15) is 0 Å². The number of hydrogen-bond acceptors (Lipinski definition) is 7. The van der Waals surface area contributed by atoms with Crippen molar-refractivity contribution < 1.29 is 18.6 Å². The van der Waals surface area contributed by atoms with E-state index in [1.807, 2.05) is 12.1 Å². The Labute approximate surface area is 191 Å². The maximum atomic E-state index is 13.8. The lowest BCUT2D eigenvalue weighted by molar-refractivity contribution is 0.324. The van der Waals surface area contributed by atoms with Gasteiger partial charge in [0.2, 0.25) is 11.7 Å². The van der Waals surface area contributed by atoms with Gasteiger partial charge in [0.15, 0.2) is 11.5 Å². The zero-order valence-corrected chi connectivity index (χ0v) is 18.7. The van der Waals surface area contributed by atoms with Crippen LogP contribution >= 0.6 is 0 Å². The third-order valence-electron chi connectivity index (χ3n) is 5.09. The van der Waals surface area contributed by atoms with E-state index in [1.165, 1.54) is 6.07 Å². The van der Waals surface area contributed by atoms with Crippen LogP contribution in [0.5, 0.6) is 17.2 Å². The molecule has 0 fully saturated rings. The summed E-state index contributed by atoms with van der Waals surface area (Å²) in [6, 6.07) is 14.0. The summed E-state index contributed by atoms with van der Waals surface area (Å²) in [5.74, 6) is 1.64. The summed E-state index contributed by atoms with van der Waals surface area (Å²) >= 11 is 0. The summed E-state index contributed by atoms with van der Waals surface area (Å²) in [7, 11) is 4.66. The van der Waals surface area contributed by atoms with E-state index in [4.69, 9.17) is 14.2 Å². The second kappa shape index (κ2) is 9.52. The van der Waals surface area contributed by atoms with Crippen molar-refractivity contribution in [2.75, 3.05) is 26.6 Å². The Bertz CT molecular complexity index is 1270. The first-order valence-electron chi connectivity index (χ1n) is 10.2. The first-order valence-corrected chi connectivity index (χ1v) is 10.2. The maximum Gasteiger partial charge on any atom is 0.227 e. The van der Waals surface area contributed by atoms with Gasteiger partial charge in [-0.05, 0) is 48.9 Å². The van der Waals surface area contributed by atoms with E-state index >= 15 is 0 Å². The van der Waals surface area contributed by atoms with Gasteiger partial charge in [-0.15, -0.1) is 0 Å². The number of halogens is 1. The molecule has 0 saturated carbocycles. The highest BCUT2D eigenvalue weighted by molar-refractivity contribution is 5.79. The van der Waals surface area contributed by atoms with Gasteiger partial charge in [0.25, 0.3) is 0 Å². The third kappa shape index (κ3) is 4.55. The highest BCUT2D eigenvalue weighted by Crippen LogP contribution is 2.40. The molecule has 2 aromatic carbocycles. The van der Waals surface area contributed by atoms with E-state index in [1.54, 1.807) is 71.0 Å². The zero-order valence-electron chi connectivity index (χ0n) is 18.7. The minimum absolute atomic E-state index is 0.255. The summed E-state index contributed by atoms with van der Waals surface area (Å²) in [5, 5.41) is 3.18. The van der Waals surface area contributed by atoms with Gasteiger partial charge < -0.3 is 19.5 Å². The van der Waals surface area contributed by atoms with Crippen molar-refractivity contribution in [2.24, 2.45) is 0 Å². The van der Waals surface area contributed by atoms with E-state index in [0.717, 1.165) is 11.1 Å². The molecular weight excluding hydrogens is 423 g/mol. The summed E-state index contributed by atoms with van der Waals surface area (Å²) < 4.78 is 30.0. The van der Waals surface area contributed by atoms with Crippen molar-refractivity contribution >= 4 is 11.6 Å². The van der Waals surface area contributed by atoms with E-state index in [9.17, 15) is 4.39 Å². The number of aryl methyl sites for hydroxylation is 1. The predicted octanol–water partition coefficient (Wildman–Crippen LogP) is 5.42. The number of pyridine rings is 1.